The van der Waals surface area contributed by atoms with E-state index in [1.807, 2.05) is 0 Å². The van der Waals surface area contributed by atoms with E-state index in [1.54, 1.807) is 0 Å². The Kier molecular flexibility index (Phi) is 3.84. The highest BCUT2D eigenvalue weighted by Gasteiger charge is 2.37. The summed E-state index contributed by atoms with van der Waals surface area (Å²) in [5.74, 6) is 1.89. The largest absolute Gasteiger partial charge is 0.389 e. The molecule has 3 heteroatoms. The molecule has 3 fully saturated rings. The first-order chi connectivity index (χ1) is 9.15. The Morgan fingerprint density at radius 1 is 1.05 bits per heavy atom. The summed E-state index contributed by atoms with van der Waals surface area (Å²) in [4.78, 5) is 12.1. The first-order valence-corrected chi connectivity index (χ1v) is 8.16. The SMILES string of the molecule is O=C(CC1(O)CCCC1)NC1CCCC(C2CC2)C1. The molecule has 0 aromatic carbocycles. The Morgan fingerprint density at radius 3 is 2.47 bits per heavy atom. The Bertz CT molecular complexity index is 332. The summed E-state index contributed by atoms with van der Waals surface area (Å²) in [6.45, 7) is 0. The molecule has 3 aliphatic rings. The minimum Gasteiger partial charge on any atom is -0.389 e. The molecule has 0 bridgehead atoms. The number of carbonyl (C=O) groups is 1. The third-order valence-corrected chi connectivity index (χ3v) is 5.39. The number of amides is 1. The van der Waals surface area contributed by atoms with E-state index in [2.05, 4.69) is 5.32 Å². The van der Waals surface area contributed by atoms with E-state index >= 15 is 0 Å². The first kappa shape index (κ1) is 13.4. The van der Waals surface area contributed by atoms with E-state index in [4.69, 9.17) is 0 Å². The van der Waals surface area contributed by atoms with Crippen LogP contribution in [0.3, 0.4) is 0 Å². The molecule has 0 spiro atoms. The van der Waals surface area contributed by atoms with Gasteiger partial charge in [-0.05, 0) is 50.4 Å². The summed E-state index contributed by atoms with van der Waals surface area (Å²) in [6, 6.07) is 0.372. The lowest BCUT2D eigenvalue weighted by Gasteiger charge is -2.31. The lowest BCUT2D eigenvalue weighted by Crippen LogP contribution is -2.42. The summed E-state index contributed by atoms with van der Waals surface area (Å²) in [5.41, 5.74) is -0.700. The van der Waals surface area contributed by atoms with Crippen molar-refractivity contribution in [2.45, 2.75) is 82.3 Å². The highest BCUT2D eigenvalue weighted by Crippen LogP contribution is 2.44. The van der Waals surface area contributed by atoms with Crippen molar-refractivity contribution in [2.75, 3.05) is 0 Å². The van der Waals surface area contributed by atoms with Crippen molar-refractivity contribution in [3.05, 3.63) is 0 Å². The van der Waals surface area contributed by atoms with Gasteiger partial charge in [0.25, 0.3) is 0 Å². The van der Waals surface area contributed by atoms with Crippen LogP contribution in [0, 0.1) is 11.8 Å². The standard InChI is InChI=1S/C16H27NO2/c18-15(11-16(19)8-1-2-9-16)17-14-5-3-4-13(10-14)12-6-7-12/h12-14,19H,1-11H2,(H,17,18). The molecule has 0 aromatic heterocycles. The Balaban J connectivity index is 1.45. The van der Waals surface area contributed by atoms with Crippen LogP contribution >= 0.6 is 0 Å². The Hall–Kier alpha value is -0.570. The molecule has 3 aliphatic carbocycles. The van der Waals surface area contributed by atoms with E-state index in [0.29, 0.717) is 12.5 Å². The molecule has 19 heavy (non-hydrogen) atoms. The highest BCUT2D eigenvalue weighted by atomic mass is 16.3. The van der Waals surface area contributed by atoms with Gasteiger partial charge in [-0.3, -0.25) is 4.79 Å². The minimum atomic E-state index is -0.700. The maximum absolute atomic E-state index is 12.1. The van der Waals surface area contributed by atoms with Crippen molar-refractivity contribution in [1.82, 2.24) is 5.32 Å². The topological polar surface area (TPSA) is 49.3 Å². The number of nitrogens with one attached hydrogen (secondary N) is 1. The van der Waals surface area contributed by atoms with Crippen LogP contribution in [0.25, 0.3) is 0 Å². The zero-order valence-corrected chi connectivity index (χ0v) is 11.9. The second-order valence-electron chi connectivity index (χ2n) is 7.14. The summed E-state index contributed by atoms with van der Waals surface area (Å²) in [6.07, 6.45) is 11.8. The molecule has 3 rings (SSSR count). The van der Waals surface area contributed by atoms with Gasteiger partial charge in [0.15, 0.2) is 0 Å². The number of hydrogen-bond donors (Lipinski definition) is 2. The molecule has 3 nitrogen and oxygen atoms in total. The van der Waals surface area contributed by atoms with Crippen LogP contribution < -0.4 is 5.32 Å². The van der Waals surface area contributed by atoms with E-state index in [-0.39, 0.29) is 5.91 Å². The van der Waals surface area contributed by atoms with E-state index in [0.717, 1.165) is 43.9 Å². The van der Waals surface area contributed by atoms with Crippen LogP contribution in [-0.2, 0) is 4.79 Å². The van der Waals surface area contributed by atoms with Crippen molar-refractivity contribution in [2.24, 2.45) is 11.8 Å². The molecular weight excluding hydrogens is 238 g/mol. The van der Waals surface area contributed by atoms with E-state index in [9.17, 15) is 9.90 Å². The van der Waals surface area contributed by atoms with Crippen molar-refractivity contribution in [1.29, 1.82) is 0 Å². The number of carbonyl (C=O) groups excluding carboxylic acids is 1. The van der Waals surface area contributed by atoms with Gasteiger partial charge in [0.05, 0.1) is 12.0 Å². The molecule has 0 aromatic rings. The van der Waals surface area contributed by atoms with Crippen LogP contribution in [0.15, 0.2) is 0 Å². The fourth-order valence-electron chi connectivity index (χ4n) is 4.14. The Labute approximate surface area is 116 Å². The number of rotatable bonds is 4. The van der Waals surface area contributed by atoms with Gasteiger partial charge in [-0.15, -0.1) is 0 Å². The molecule has 2 unspecified atom stereocenters. The predicted octanol–water partition coefficient (Wildman–Crippen LogP) is 2.77. The third-order valence-electron chi connectivity index (χ3n) is 5.39. The van der Waals surface area contributed by atoms with Crippen molar-refractivity contribution < 1.29 is 9.90 Å². The van der Waals surface area contributed by atoms with Crippen LogP contribution in [0.4, 0.5) is 0 Å². The second kappa shape index (κ2) is 5.43. The lowest BCUT2D eigenvalue weighted by molar-refractivity contribution is -0.126. The van der Waals surface area contributed by atoms with Crippen molar-refractivity contribution >= 4 is 5.91 Å². The van der Waals surface area contributed by atoms with E-state index in [1.165, 1.54) is 32.1 Å². The maximum Gasteiger partial charge on any atom is 0.223 e. The molecule has 0 aliphatic heterocycles. The van der Waals surface area contributed by atoms with Crippen molar-refractivity contribution in [3.8, 4) is 0 Å². The second-order valence-corrected chi connectivity index (χ2v) is 7.14. The number of aliphatic hydroxyl groups is 1. The van der Waals surface area contributed by atoms with Crippen LogP contribution in [-0.4, -0.2) is 22.7 Å². The predicted molar refractivity (Wildman–Crippen MR) is 74.6 cm³/mol. The molecule has 0 heterocycles. The molecule has 2 atom stereocenters. The molecule has 1 amide bonds. The summed E-state index contributed by atoms with van der Waals surface area (Å²) in [5, 5.41) is 13.5. The summed E-state index contributed by atoms with van der Waals surface area (Å²) >= 11 is 0. The van der Waals surface area contributed by atoms with Gasteiger partial charge in [0.2, 0.25) is 5.91 Å². The monoisotopic (exact) mass is 265 g/mol. The molecular formula is C16H27NO2. The maximum atomic E-state index is 12.1. The zero-order valence-electron chi connectivity index (χ0n) is 11.9. The summed E-state index contributed by atoms with van der Waals surface area (Å²) in [7, 11) is 0. The van der Waals surface area contributed by atoms with Gasteiger partial charge < -0.3 is 10.4 Å². The van der Waals surface area contributed by atoms with Crippen molar-refractivity contribution in [3.63, 3.8) is 0 Å². The average Bonchev–Trinajstić information content (AvgIpc) is 3.13. The zero-order chi connectivity index (χ0) is 13.3. The van der Waals surface area contributed by atoms with Gasteiger partial charge in [-0.25, -0.2) is 0 Å². The molecule has 3 saturated carbocycles. The third kappa shape index (κ3) is 3.50. The fraction of sp³-hybridized carbons (Fsp3) is 0.938. The van der Waals surface area contributed by atoms with Gasteiger partial charge in [0, 0.05) is 6.04 Å². The van der Waals surface area contributed by atoms with Gasteiger partial charge >= 0.3 is 0 Å². The first-order valence-electron chi connectivity index (χ1n) is 8.16. The van der Waals surface area contributed by atoms with Crippen LogP contribution in [0.2, 0.25) is 0 Å². The smallest absolute Gasteiger partial charge is 0.223 e. The van der Waals surface area contributed by atoms with E-state index < -0.39 is 5.60 Å². The average molecular weight is 265 g/mol. The minimum absolute atomic E-state index is 0.0749. The molecule has 2 N–H and O–H groups in total. The molecule has 0 radical (unpaired) electrons. The van der Waals surface area contributed by atoms with Gasteiger partial charge in [0.1, 0.15) is 0 Å². The van der Waals surface area contributed by atoms with Gasteiger partial charge in [-0.1, -0.05) is 25.7 Å². The lowest BCUT2D eigenvalue weighted by atomic mass is 9.82. The van der Waals surface area contributed by atoms with Crippen LogP contribution in [0.1, 0.15) is 70.6 Å². The highest BCUT2D eigenvalue weighted by molar-refractivity contribution is 5.77. The Morgan fingerprint density at radius 2 is 1.79 bits per heavy atom. The fourth-order valence-corrected chi connectivity index (χ4v) is 4.14. The quantitative estimate of drug-likeness (QED) is 0.821. The normalized spacial score (nSPS) is 34.2. The van der Waals surface area contributed by atoms with Gasteiger partial charge in [-0.2, -0.15) is 0 Å². The molecule has 0 saturated heterocycles. The van der Waals surface area contributed by atoms with Crippen LogP contribution in [0.5, 0.6) is 0 Å². The summed E-state index contributed by atoms with van der Waals surface area (Å²) < 4.78 is 0. The number of hydrogen-bond acceptors (Lipinski definition) is 2. The molecule has 108 valence electrons.